The van der Waals surface area contributed by atoms with Gasteiger partial charge in [0.2, 0.25) is 0 Å². The second kappa shape index (κ2) is 6.15. The molecule has 0 saturated carbocycles. The van der Waals surface area contributed by atoms with Gasteiger partial charge in [-0.1, -0.05) is 48.5 Å². The molecule has 0 amide bonds. The molecule has 2 aromatic rings. The van der Waals surface area contributed by atoms with E-state index in [1.165, 1.54) is 16.7 Å². The second-order valence-electron chi connectivity index (χ2n) is 5.73. The lowest BCUT2D eigenvalue weighted by atomic mass is 9.93. The van der Waals surface area contributed by atoms with Crippen molar-refractivity contribution in [3.63, 3.8) is 0 Å². The SMILES string of the molecule is CN1CCC(c2ccccc2)=C[C@H]1Cc1ccc(O)cc1. The molecule has 0 fully saturated rings. The van der Waals surface area contributed by atoms with Gasteiger partial charge in [0.05, 0.1) is 0 Å². The summed E-state index contributed by atoms with van der Waals surface area (Å²) in [7, 11) is 2.18. The summed E-state index contributed by atoms with van der Waals surface area (Å²) < 4.78 is 0. The van der Waals surface area contributed by atoms with E-state index in [1.54, 1.807) is 12.1 Å². The van der Waals surface area contributed by atoms with Crippen LogP contribution in [0.25, 0.3) is 5.57 Å². The molecule has 2 nitrogen and oxygen atoms in total. The van der Waals surface area contributed by atoms with Gasteiger partial charge in [0, 0.05) is 12.6 Å². The average Bonchev–Trinajstić information content (AvgIpc) is 2.52. The molecule has 0 radical (unpaired) electrons. The number of nitrogens with zero attached hydrogens (tertiary/aromatic N) is 1. The van der Waals surface area contributed by atoms with Crippen molar-refractivity contribution in [3.05, 3.63) is 71.8 Å². The standard InChI is InChI=1S/C19H21NO/c1-20-12-11-17(16-5-3-2-4-6-16)14-18(20)13-15-7-9-19(21)10-8-15/h2-10,14,18,21H,11-13H2,1H3/t18-/m1/s1. The number of hydrogen-bond acceptors (Lipinski definition) is 2. The molecule has 0 saturated heterocycles. The molecule has 2 aromatic carbocycles. The third-order valence-corrected chi connectivity index (χ3v) is 4.22. The number of benzene rings is 2. The first-order valence-electron chi connectivity index (χ1n) is 7.46. The van der Waals surface area contributed by atoms with E-state index in [0.717, 1.165) is 19.4 Å². The summed E-state index contributed by atoms with van der Waals surface area (Å²) in [6.07, 6.45) is 4.48. The highest BCUT2D eigenvalue weighted by Crippen LogP contribution is 2.26. The smallest absolute Gasteiger partial charge is 0.115 e. The zero-order valence-electron chi connectivity index (χ0n) is 12.4. The van der Waals surface area contributed by atoms with Gasteiger partial charge < -0.3 is 5.11 Å². The number of phenolic OH excluding ortho intramolecular Hbond substituents is 1. The molecule has 1 aliphatic heterocycles. The Bertz CT molecular complexity index is 616. The molecule has 0 aromatic heterocycles. The molecule has 1 atom stereocenters. The number of likely N-dealkylation sites (N-methyl/N-ethyl adjacent to an activating group) is 1. The minimum Gasteiger partial charge on any atom is -0.508 e. The van der Waals surface area contributed by atoms with Crippen LogP contribution < -0.4 is 0 Å². The first kappa shape index (κ1) is 13.9. The summed E-state index contributed by atoms with van der Waals surface area (Å²) in [6.45, 7) is 1.09. The van der Waals surface area contributed by atoms with Crippen molar-refractivity contribution < 1.29 is 5.11 Å². The Balaban J connectivity index is 1.81. The van der Waals surface area contributed by atoms with Crippen LogP contribution in [0, 0.1) is 0 Å². The fourth-order valence-corrected chi connectivity index (χ4v) is 2.89. The molecule has 0 bridgehead atoms. The molecule has 0 spiro atoms. The maximum Gasteiger partial charge on any atom is 0.115 e. The van der Waals surface area contributed by atoms with Crippen LogP contribution in [0.3, 0.4) is 0 Å². The van der Waals surface area contributed by atoms with Crippen LogP contribution in [0.4, 0.5) is 0 Å². The maximum atomic E-state index is 9.38. The quantitative estimate of drug-likeness (QED) is 0.925. The topological polar surface area (TPSA) is 23.5 Å². The fraction of sp³-hybridized carbons (Fsp3) is 0.263. The van der Waals surface area contributed by atoms with E-state index in [2.05, 4.69) is 48.4 Å². The van der Waals surface area contributed by atoms with Crippen molar-refractivity contribution in [3.8, 4) is 5.75 Å². The molecule has 21 heavy (non-hydrogen) atoms. The van der Waals surface area contributed by atoms with Gasteiger partial charge in [0.1, 0.15) is 5.75 Å². The van der Waals surface area contributed by atoms with Gasteiger partial charge in [-0.3, -0.25) is 4.90 Å². The minimum atomic E-state index is 0.330. The van der Waals surface area contributed by atoms with Gasteiger partial charge in [-0.2, -0.15) is 0 Å². The van der Waals surface area contributed by atoms with Gasteiger partial charge in [0.15, 0.2) is 0 Å². The average molecular weight is 279 g/mol. The Morgan fingerprint density at radius 2 is 1.76 bits per heavy atom. The molecule has 108 valence electrons. The van der Waals surface area contributed by atoms with E-state index in [9.17, 15) is 5.11 Å². The van der Waals surface area contributed by atoms with Crippen molar-refractivity contribution in [2.45, 2.75) is 18.9 Å². The third-order valence-electron chi connectivity index (χ3n) is 4.22. The van der Waals surface area contributed by atoms with E-state index in [4.69, 9.17) is 0 Å². The summed E-state index contributed by atoms with van der Waals surface area (Å²) in [5, 5.41) is 9.38. The Kier molecular flexibility index (Phi) is 4.07. The molecule has 0 unspecified atom stereocenters. The van der Waals surface area contributed by atoms with Crippen molar-refractivity contribution in [1.82, 2.24) is 4.90 Å². The minimum absolute atomic E-state index is 0.330. The molecule has 3 rings (SSSR count). The van der Waals surface area contributed by atoms with E-state index in [-0.39, 0.29) is 0 Å². The van der Waals surface area contributed by atoms with Crippen LogP contribution >= 0.6 is 0 Å². The molecule has 0 aliphatic carbocycles. The number of phenols is 1. The largest absolute Gasteiger partial charge is 0.508 e. The van der Waals surface area contributed by atoms with Crippen LogP contribution in [0.15, 0.2) is 60.7 Å². The first-order chi connectivity index (χ1) is 10.2. The summed E-state index contributed by atoms with van der Waals surface area (Å²) in [5.74, 6) is 0.330. The van der Waals surface area contributed by atoms with Crippen molar-refractivity contribution in [2.75, 3.05) is 13.6 Å². The maximum absolute atomic E-state index is 9.38. The normalized spacial score (nSPS) is 19.3. The Hall–Kier alpha value is -2.06. The van der Waals surface area contributed by atoms with Crippen molar-refractivity contribution >= 4 is 5.57 Å². The van der Waals surface area contributed by atoms with Crippen LogP contribution in [0.2, 0.25) is 0 Å². The lowest BCUT2D eigenvalue weighted by molar-refractivity contribution is 0.277. The molecule has 2 heteroatoms. The van der Waals surface area contributed by atoms with E-state index in [0.29, 0.717) is 11.8 Å². The lowest BCUT2D eigenvalue weighted by Crippen LogP contribution is -2.36. The summed E-state index contributed by atoms with van der Waals surface area (Å²) in [4.78, 5) is 2.40. The highest BCUT2D eigenvalue weighted by Gasteiger charge is 2.19. The van der Waals surface area contributed by atoms with Gasteiger partial charge in [-0.05, 0) is 48.7 Å². The van der Waals surface area contributed by atoms with Gasteiger partial charge >= 0.3 is 0 Å². The summed E-state index contributed by atoms with van der Waals surface area (Å²) >= 11 is 0. The number of aromatic hydroxyl groups is 1. The monoisotopic (exact) mass is 279 g/mol. The Labute approximate surface area is 126 Å². The summed E-state index contributed by atoms with van der Waals surface area (Å²) in [5.41, 5.74) is 4.04. The zero-order valence-corrected chi connectivity index (χ0v) is 12.4. The summed E-state index contributed by atoms with van der Waals surface area (Å²) in [6, 6.07) is 18.6. The highest BCUT2D eigenvalue weighted by molar-refractivity contribution is 5.67. The van der Waals surface area contributed by atoms with Crippen LogP contribution in [0.1, 0.15) is 17.5 Å². The second-order valence-corrected chi connectivity index (χ2v) is 5.73. The van der Waals surface area contributed by atoms with E-state index in [1.807, 2.05) is 12.1 Å². The molecular formula is C19H21NO. The lowest BCUT2D eigenvalue weighted by Gasteiger charge is -2.31. The Morgan fingerprint density at radius 1 is 1.05 bits per heavy atom. The van der Waals surface area contributed by atoms with Gasteiger partial charge in [-0.15, -0.1) is 0 Å². The number of hydrogen-bond donors (Lipinski definition) is 1. The predicted octanol–water partition coefficient (Wildman–Crippen LogP) is 3.72. The third kappa shape index (κ3) is 3.34. The van der Waals surface area contributed by atoms with Gasteiger partial charge in [0.25, 0.3) is 0 Å². The molecule has 1 aliphatic rings. The van der Waals surface area contributed by atoms with Crippen LogP contribution in [0.5, 0.6) is 5.75 Å². The highest BCUT2D eigenvalue weighted by atomic mass is 16.3. The van der Waals surface area contributed by atoms with Crippen LogP contribution in [-0.4, -0.2) is 29.6 Å². The van der Waals surface area contributed by atoms with Gasteiger partial charge in [-0.25, -0.2) is 0 Å². The first-order valence-corrected chi connectivity index (χ1v) is 7.46. The number of rotatable bonds is 3. The fourth-order valence-electron chi connectivity index (χ4n) is 2.89. The molecule has 1 heterocycles. The van der Waals surface area contributed by atoms with Crippen LogP contribution in [-0.2, 0) is 6.42 Å². The Morgan fingerprint density at radius 3 is 2.48 bits per heavy atom. The van der Waals surface area contributed by atoms with Crippen molar-refractivity contribution in [1.29, 1.82) is 0 Å². The van der Waals surface area contributed by atoms with E-state index >= 15 is 0 Å². The van der Waals surface area contributed by atoms with E-state index < -0.39 is 0 Å². The predicted molar refractivity (Wildman–Crippen MR) is 87.3 cm³/mol. The molecule has 1 N–H and O–H groups in total. The zero-order chi connectivity index (χ0) is 14.7. The van der Waals surface area contributed by atoms with Crippen molar-refractivity contribution in [2.24, 2.45) is 0 Å². The molecular weight excluding hydrogens is 258 g/mol.